The first-order valence-corrected chi connectivity index (χ1v) is 7.07. The Morgan fingerprint density at radius 2 is 1.94 bits per heavy atom. The monoisotopic (exact) mass is 246 g/mol. The molecule has 0 spiro atoms. The molecule has 100 valence electrons. The topological polar surface area (TPSA) is 25.8 Å². The number of aromatic nitrogens is 2. The Bertz CT molecular complexity index is 396. The van der Waals surface area contributed by atoms with Gasteiger partial charge in [-0.3, -0.25) is 9.97 Å². The molecule has 0 aliphatic heterocycles. The molecule has 0 fully saturated rings. The largest absolute Gasteiger partial charge is 0.254 e. The molecule has 0 aliphatic rings. The van der Waals surface area contributed by atoms with Crippen LogP contribution in [0.3, 0.4) is 0 Å². The second-order valence-corrected chi connectivity index (χ2v) is 5.31. The van der Waals surface area contributed by atoms with Crippen LogP contribution in [0.2, 0.25) is 0 Å². The lowest BCUT2D eigenvalue weighted by Gasteiger charge is -2.10. The zero-order chi connectivity index (χ0) is 13.5. The molecule has 2 unspecified atom stereocenters. The van der Waals surface area contributed by atoms with Crippen LogP contribution in [-0.4, -0.2) is 9.97 Å². The summed E-state index contributed by atoms with van der Waals surface area (Å²) in [6.45, 7) is 10.9. The molecule has 0 saturated heterocycles. The van der Waals surface area contributed by atoms with Crippen LogP contribution < -0.4 is 0 Å². The number of aryl methyl sites for hydroxylation is 1. The fourth-order valence-corrected chi connectivity index (χ4v) is 1.69. The van der Waals surface area contributed by atoms with Crippen molar-refractivity contribution in [2.75, 3.05) is 0 Å². The van der Waals surface area contributed by atoms with Crippen molar-refractivity contribution in [3.8, 4) is 0 Å². The van der Waals surface area contributed by atoms with E-state index in [9.17, 15) is 0 Å². The van der Waals surface area contributed by atoms with E-state index in [1.807, 2.05) is 13.1 Å². The van der Waals surface area contributed by atoms with E-state index < -0.39 is 0 Å². The molecule has 1 aromatic rings. The van der Waals surface area contributed by atoms with Crippen LogP contribution in [0.4, 0.5) is 0 Å². The molecule has 0 bridgehead atoms. The summed E-state index contributed by atoms with van der Waals surface area (Å²) in [4.78, 5) is 9.17. The summed E-state index contributed by atoms with van der Waals surface area (Å²) in [5, 5.41) is 0. The van der Waals surface area contributed by atoms with Crippen molar-refractivity contribution in [3.05, 3.63) is 29.4 Å². The molecular formula is C16H26N2. The zero-order valence-corrected chi connectivity index (χ0v) is 12.4. The van der Waals surface area contributed by atoms with Crippen LogP contribution >= 0.6 is 0 Å². The molecule has 0 N–H and O–H groups in total. The van der Waals surface area contributed by atoms with Gasteiger partial charge in [0.1, 0.15) is 0 Å². The van der Waals surface area contributed by atoms with Gasteiger partial charge >= 0.3 is 0 Å². The number of nitrogens with zero attached hydrogens (tertiary/aromatic N) is 2. The van der Waals surface area contributed by atoms with Crippen LogP contribution in [0, 0.1) is 18.8 Å². The third kappa shape index (κ3) is 4.59. The minimum absolute atomic E-state index is 0.601. The van der Waals surface area contributed by atoms with Gasteiger partial charge in [-0.1, -0.05) is 46.6 Å². The molecule has 2 atom stereocenters. The zero-order valence-electron chi connectivity index (χ0n) is 12.4. The predicted octanol–water partition coefficient (Wildman–Crippen LogP) is 4.43. The Labute approximate surface area is 112 Å². The van der Waals surface area contributed by atoms with Gasteiger partial charge in [0.25, 0.3) is 0 Å². The molecule has 1 rings (SSSR count). The van der Waals surface area contributed by atoms with E-state index in [-0.39, 0.29) is 0 Å². The van der Waals surface area contributed by atoms with Crippen LogP contribution in [0.25, 0.3) is 6.08 Å². The molecular weight excluding hydrogens is 220 g/mol. The van der Waals surface area contributed by atoms with Crippen molar-refractivity contribution < 1.29 is 0 Å². The molecule has 2 heteroatoms. The van der Waals surface area contributed by atoms with Gasteiger partial charge in [0.05, 0.1) is 17.1 Å². The predicted molar refractivity (Wildman–Crippen MR) is 78.4 cm³/mol. The third-order valence-corrected chi connectivity index (χ3v) is 3.46. The van der Waals surface area contributed by atoms with Gasteiger partial charge in [0.15, 0.2) is 0 Å². The highest BCUT2D eigenvalue weighted by Gasteiger charge is 2.08. The second-order valence-electron chi connectivity index (χ2n) is 5.31. The number of allylic oxidation sites excluding steroid dienone is 1. The highest BCUT2D eigenvalue weighted by molar-refractivity contribution is 5.47. The Morgan fingerprint density at radius 3 is 2.56 bits per heavy atom. The Morgan fingerprint density at radius 1 is 1.22 bits per heavy atom. The van der Waals surface area contributed by atoms with E-state index in [4.69, 9.17) is 0 Å². The molecule has 1 aromatic heterocycles. The standard InChI is InChI=1S/C16H26N2/c1-6-12(3)8-9-15-16(10-13(4)7-2)18-14(5)11-17-15/h8-9,11-13H,6-7,10H2,1-5H3/b9-8-. The molecule has 0 aromatic carbocycles. The lowest BCUT2D eigenvalue weighted by molar-refractivity contribution is 0.550. The Balaban J connectivity index is 2.92. The smallest absolute Gasteiger partial charge is 0.0842 e. The summed E-state index contributed by atoms with van der Waals surface area (Å²) in [6.07, 6.45) is 9.60. The van der Waals surface area contributed by atoms with Crippen LogP contribution in [0.15, 0.2) is 12.3 Å². The lowest BCUT2D eigenvalue weighted by Crippen LogP contribution is -2.05. The van der Waals surface area contributed by atoms with E-state index in [1.54, 1.807) is 0 Å². The maximum atomic E-state index is 4.65. The highest BCUT2D eigenvalue weighted by atomic mass is 14.8. The minimum atomic E-state index is 0.601. The first kappa shape index (κ1) is 14.9. The van der Waals surface area contributed by atoms with Crippen LogP contribution in [0.1, 0.15) is 57.6 Å². The molecule has 0 saturated carbocycles. The van der Waals surface area contributed by atoms with E-state index in [2.05, 4.69) is 49.8 Å². The van der Waals surface area contributed by atoms with Crippen molar-refractivity contribution in [1.82, 2.24) is 9.97 Å². The second kappa shape index (κ2) is 7.30. The van der Waals surface area contributed by atoms with Crippen molar-refractivity contribution >= 4 is 6.08 Å². The van der Waals surface area contributed by atoms with E-state index >= 15 is 0 Å². The van der Waals surface area contributed by atoms with E-state index in [1.165, 1.54) is 6.42 Å². The van der Waals surface area contributed by atoms with Gasteiger partial charge in [-0.25, -0.2) is 0 Å². The first-order chi connectivity index (χ1) is 8.56. The van der Waals surface area contributed by atoms with Crippen LogP contribution in [-0.2, 0) is 6.42 Å². The Kier molecular flexibility index (Phi) is 6.03. The quantitative estimate of drug-likeness (QED) is 0.742. The summed E-state index contributed by atoms with van der Waals surface area (Å²) in [5.41, 5.74) is 3.19. The van der Waals surface area contributed by atoms with Crippen LogP contribution in [0.5, 0.6) is 0 Å². The van der Waals surface area contributed by atoms with E-state index in [0.717, 1.165) is 29.9 Å². The van der Waals surface area contributed by atoms with Gasteiger partial charge in [0, 0.05) is 6.20 Å². The average molecular weight is 246 g/mol. The normalized spacial score (nSPS) is 14.9. The molecule has 0 radical (unpaired) electrons. The van der Waals surface area contributed by atoms with Gasteiger partial charge < -0.3 is 0 Å². The Hall–Kier alpha value is -1.18. The summed E-state index contributed by atoms with van der Waals surface area (Å²) < 4.78 is 0. The molecule has 18 heavy (non-hydrogen) atoms. The number of rotatable bonds is 6. The molecule has 1 heterocycles. The first-order valence-electron chi connectivity index (χ1n) is 7.07. The summed E-state index contributed by atoms with van der Waals surface area (Å²) in [7, 11) is 0. The number of hydrogen-bond acceptors (Lipinski definition) is 2. The fourth-order valence-electron chi connectivity index (χ4n) is 1.69. The summed E-state index contributed by atoms with van der Waals surface area (Å²) in [6, 6.07) is 0. The van der Waals surface area contributed by atoms with Gasteiger partial charge in [-0.05, 0) is 31.3 Å². The fraction of sp³-hybridized carbons (Fsp3) is 0.625. The maximum absolute atomic E-state index is 4.65. The maximum Gasteiger partial charge on any atom is 0.0842 e. The SMILES string of the molecule is CCC(C)/C=C\c1ncc(C)nc1CC(C)CC. The summed E-state index contributed by atoms with van der Waals surface area (Å²) in [5.74, 6) is 1.27. The van der Waals surface area contributed by atoms with Crippen molar-refractivity contribution in [3.63, 3.8) is 0 Å². The van der Waals surface area contributed by atoms with Crippen molar-refractivity contribution in [2.24, 2.45) is 11.8 Å². The van der Waals surface area contributed by atoms with Gasteiger partial charge in [0.2, 0.25) is 0 Å². The van der Waals surface area contributed by atoms with Crippen molar-refractivity contribution in [2.45, 2.75) is 53.9 Å². The molecule has 2 nitrogen and oxygen atoms in total. The number of hydrogen-bond donors (Lipinski definition) is 0. The minimum Gasteiger partial charge on any atom is -0.254 e. The van der Waals surface area contributed by atoms with Crippen molar-refractivity contribution in [1.29, 1.82) is 0 Å². The lowest BCUT2D eigenvalue weighted by atomic mass is 10.0. The summed E-state index contributed by atoms with van der Waals surface area (Å²) >= 11 is 0. The highest BCUT2D eigenvalue weighted by Crippen LogP contribution is 2.15. The molecule has 0 amide bonds. The average Bonchev–Trinajstić information content (AvgIpc) is 2.37. The third-order valence-electron chi connectivity index (χ3n) is 3.46. The van der Waals surface area contributed by atoms with E-state index in [0.29, 0.717) is 11.8 Å². The van der Waals surface area contributed by atoms with Gasteiger partial charge in [-0.15, -0.1) is 0 Å². The van der Waals surface area contributed by atoms with Gasteiger partial charge in [-0.2, -0.15) is 0 Å². The molecule has 0 aliphatic carbocycles.